The number of carboxylic acid groups (broad SMARTS) is 1. The van der Waals surface area contributed by atoms with E-state index < -0.39 is 5.97 Å². The number of nitrogens with zero attached hydrogens (tertiary/aromatic N) is 1. The van der Waals surface area contributed by atoms with Crippen LogP contribution in [-0.4, -0.2) is 34.3 Å². The van der Waals surface area contributed by atoms with Gasteiger partial charge >= 0.3 is 5.97 Å². The van der Waals surface area contributed by atoms with Gasteiger partial charge in [0.25, 0.3) is 0 Å². The molecule has 0 aromatic rings. The van der Waals surface area contributed by atoms with Gasteiger partial charge in [-0.3, -0.25) is 14.5 Å². The second-order valence-electron chi connectivity index (χ2n) is 5.38. The highest BCUT2D eigenvalue weighted by atomic mass is 16.4. The highest BCUT2D eigenvalue weighted by Gasteiger charge is 2.51. The third-order valence-corrected chi connectivity index (χ3v) is 3.74. The van der Waals surface area contributed by atoms with E-state index in [1.807, 2.05) is 0 Å². The zero-order chi connectivity index (χ0) is 13.4. The molecule has 0 spiro atoms. The van der Waals surface area contributed by atoms with Crippen molar-refractivity contribution in [2.24, 2.45) is 17.8 Å². The maximum absolute atomic E-state index is 12.1. The summed E-state index contributed by atoms with van der Waals surface area (Å²) in [6.07, 6.45) is 2.58. The highest BCUT2D eigenvalue weighted by Crippen LogP contribution is 2.42. The molecule has 0 radical (unpaired) electrons. The van der Waals surface area contributed by atoms with E-state index in [4.69, 9.17) is 5.11 Å². The molecule has 1 aliphatic carbocycles. The fraction of sp³-hybridized carbons (Fsp3) is 0.615. The summed E-state index contributed by atoms with van der Waals surface area (Å²) in [5.74, 6) is -1.25. The molecule has 0 aromatic heterocycles. The fourth-order valence-corrected chi connectivity index (χ4v) is 3.01. The van der Waals surface area contributed by atoms with Crippen LogP contribution >= 0.6 is 0 Å². The molecule has 2 fully saturated rings. The first-order valence-corrected chi connectivity index (χ1v) is 6.15. The van der Waals surface area contributed by atoms with Crippen molar-refractivity contribution in [3.8, 4) is 0 Å². The summed E-state index contributed by atoms with van der Waals surface area (Å²) in [6, 6.07) is 0. The summed E-state index contributed by atoms with van der Waals surface area (Å²) in [5, 5.41) is 8.62. The topological polar surface area (TPSA) is 74.7 Å². The van der Waals surface area contributed by atoms with Gasteiger partial charge in [0.1, 0.15) is 0 Å². The Kier molecular flexibility index (Phi) is 3.24. The second-order valence-corrected chi connectivity index (χ2v) is 5.38. The lowest BCUT2D eigenvalue weighted by molar-refractivity contribution is -0.140. The van der Waals surface area contributed by atoms with Crippen LogP contribution in [0.4, 0.5) is 0 Å². The molecule has 18 heavy (non-hydrogen) atoms. The van der Waals surface area contributed by atoms with Crippen LogP contribution in [0.5, 0.6) is 0 Å². The lowest BCUT2D eigenvalue weighted by Gasteiger charge is -2.16. The maximum Gasteiger partial charge on any atom is 0.328 e. The zero-order valence-electron chi connectivity index (χ0n) is 10.5. The minimum atomic E-state index is -1.06. The van der Waals surface area contributed by atoms with Gasteiger partial charge in [-0.1, -0.05) is 6.92 Å². The molecule has 1 aliphatic heterocycles. The molecule has 1 N–H and O–H groups in total. The highest BCUT2D eigenvalue weighted by molar-refractivity contribution is 6.05. The largest absolute Gasteiger partial charge is 0.478 e. The van der Waals surface area contributed by atoms with Crippen molar-refractivity contribution in [2.45, 2.75) is 26.7 Å². The molecule has 1 saturated heterocycles. The van der Waals surface area contributed by atoms with Gasteiger partial charge in [0, 0.05) is 12.6 Å². The first kappa shape index (κ1) is 12.8. The van der Waals surface area contributed by atoms with Gasteiger partial charge in [-0.05, 0) is 31.3 Å². The van der Waals surface area contributed by atoms with E-state index in [0.717, 1.165) is 18.9 Å². The van der Waals surface area contributed by atoms with Crippen molar-refractivity contribution in [3.63, 3.8) is 0 Å². The van der Waals surface area contributed by atoms with E-state index in [-0.39, 0.29) is 30.2 Å². The molecule has 1 heterocycles. The van der Waals surface area contributed by atoms with E-state index in [1.54, 1.807) is 6.92 Å². The third kappa shape index (κ3) is 2.17. The average Bonchev–Trinajstić information content (AvgIpc) is 2.72. The van der Waals surface area contributed by atoms with Crippen molar-refractivity contribution < 1.29 is 19.5 Å². The molecular weight excluding hydrogens is 234 g/mol. The molecule has 5 heteroatoms. The number of fused-ring (bicyclic) bond motifs is 1. The number of carboxylic acids is 1. The Labute approximate surface area is 105 Å². The molecule has 2 atom stereocenters. The Morgan fingerprint density at radius 1 is 1.33 bits per heavy atom. The normalized spacial score (nSPS) is 32.0. The predicted octanol–water partition coefficient (Wildman–Crippen LogP) is 1.05. The Bertz CT molecular complexity index is 416. The van der Waals surface area contributed by atoms with E-state index in [9.17, 15) is 14.4 Å². The van der Waals surface area contributed by atoms with Crippen LogP contribution in [0.1, 0.15) is 26.7 Å². The van der Waals surface area contributed by atoms with Gasteiger partial charge in [-0.2, -0.15) is 0 Å². The van der Waals surface area contributed by atoms with Crippen LogP contribution in [0, 0.1) is 17.8 Å². The van der Waals surface area contributed by atoms with Gasteiger partial charge in [0.2, 0.25) is 11.8 Å². The van der Waals surface area contributed by atoms with Gasteiger partial charge in [0.15, 0.2) is 0 Å². The van der Waals surface area contributed by atoms with E-state index in [2.05, 4.69) is 6.92 Å². The average molecular weight is 251 g/mol. The quantitative estimate of drug-likeness (QED) is 0.601. The minimum Gasteiger partial charge on any atom is -0.478 e. The number of rotatable bonds is 3. The summed E-state index contributed by atoms with van der Waals surface area (Å²) in [7, 11) is 0. The van der Waals surface area contributed by atoms with E-state index in [1.165, 1.54) is 4.90 Å². The maximum atomic E-state index is 12.1. The SMILES string of the molecule is CC(=CC(=O)O)CN1C(=O)C2CC(C)CC2C1=O. The summed E-state index contributed by atoms with van der Waals surface area (Å²) < 4.78 is 0. The van der Waals surface area contributed by atoms with Crippen LogP contribution in [0.2, 0.25) is 0 Å². The number of likely N-dealkylation sites (tertiary alicyclic amines) is 1. The van der Waals surface area contributed by atoms with Crippen LogP contribution in [0.15, 0.2) is 11.6 Å². The van der Waals surface area contributed by atoms with Gasteiger partial charge in [-0.25, -0.2) is 4.79 Å². The van der Waals surface area contributed by atoms with Crippen molar-refractivity contribution >= 4 is 17.8 Å². The molecular formula is C13H17NO4. The molecule has 0 aromatic carbocycles. The fourth-order valence-electron chi connectivity index (χ4n) is 3.01. The molecule has 2 amide bonds. The Hall–Kier alpha value is -1.65. The van der Waals surface area contributed by atoms with Crippen molar-refractivity contribution in [3.05, 3.63) is 11.6 Å². The molecule has 2 aliphatic rings. The summed E-state index contributed by atoms with van der Waals surface area (Å²) in [5.41, 5.74) is 0.511. The monoisotopic (exact) mass is 251 g/mol. The number of imide groups is 1. The number of carbonyl (C=O) groups excluding carboxylic acids is 2. The third-order valence-electron chi connectivity index (χ3n) is 3.74. The van der Waals surface area contributed by atoms with Crippen LogP contribution in [-0.2, 0) is 14.4 Å². The first-order valence-electron chi connectivity index (χ1n) is 6.15. The van der Waals surface area contributed by atoms with Crippen molar-refractivity contribution in [1.29, 1.82) is 0 Å². The lowest BCUT2D eigenvalue weighted by atomic mass is 10.00. The van der Waals surface area contributed by atoms with Gasteiger partial charge < -0.3 is 5.11 Å². The molecule has 2 unspecified atom stereocenters. The number of aliphatic carboxylic acids is 1. The molecule has 98 valence electrons. The first-order chi connectivity index (χ1) is 8.40. The van der Waals surface area contributed by atoms with E-state index in [0.29, 0.717) is 11.5 Å². The van der Waals surface area contributed by atoms with Gasteiger partial charge in [-0.15, -0.1) is 0 Å². The zero-order valence-corrected chi connectivity index (χ0v) is 10.5. The predicted molar refractivity (Wildman–Crippen MR) is 63.5 cm³/mol. The Morgan fingerprint density at radius 2 is 1.83 bits per heavy atom. The Balaban J connectivity index is 2.11. The van der Waals surface area contributed by atoms with Crippen LogP contribution in [0.3, 0.4) is 0 Å². The summed E-state index contributed by atoms with van der Waals surface area (Å²) in [4.78, 5) is 35.9. The van der Waals surface area contributed by atoms with Crippen molar-refractivity contribution in [2.75, 3.05) is 6.54 Å². The van der Waals surface area contributed by atoms with Crippen LogP contribution < -0.4 is 0 Å². The number of amides is 2. The minimum absolute atomic E-state index is 0.103. The smallest absolute Gasteiger partial charge is 0.328 e. The second kappa shape index (κ2) is 4.55. The van der Waals surface area contributed by atoms with Crippen LogP contribution in [0.25, 0.3) is 0 Å². The van der Waals surface area contributed by atoms with Gasteiger partial charge in [0.05, 0.1) is 11.8 Å². The number of hydrogen-bond donors (Lipinski definition) is 1. The molecule has 0 bridgehead atoms. The number of hydrogen-bond acceptors (Lipinski definition) is 3. The lowest BCUT2D eigenvalue weighted by Crippen LogP contribution is -2.33. The summed E-state index contributed by atoms with van der Waals surface area (Å²) in [6.45, 7) is 3.77. The molecule has 1 saturated carbocycles. The van der Waals surface area contributed by atoms with Crippen molar-refractivity contribution in [1.82, 2.24) is 4.90 Å². The Morgan fingerprint density at radius 3 is 2.28 bits per heavy atom. The molecule has 2 rings (SSSR count). The summed E-state index contributed by atoms with van der Waals surface area (Å²) >= 11 is 0. The van der Waals surface area contributed by atoms with E-state index >= 15 is 0 Å². The molecule has 5 nitrogen and oxygen atoms in total. The number of carbonyl (C=O) groups is 3. The standard InChI is InChI=1S/C13H17NO4/c1-7-3-9-10(4-7)13(18)14(12(9)17)6-8(2)5-11(15)16/h5,7,9-10H,3-4,6H2,1-2H3,(H,15,16).